The molecule has 0 bridgehead atoms. The fourth-order valence-electron chi connectivity index (χ4n) is 3.67. The van der Waals surface area contributed by atoms with Gasteiger partial charge >= 0.3 is 0 Å². The highest BCUT2D eigenvalue weighted by molar-refractivity contribution is 14.0. The molecule has 0 spiro atoms. The zero-order valence-electron chi connectivity index (χ0n) is 17.1. The summed E-state index contributed by atoms with van der Waals surface area (Å²) in [6, 6.07) is 1.79. The molecule has 1 aliphatic rings. The molecule has 1 heterocycles. The van der Waals surface area contributed by atoms with Crippen LogP contribution >= 0.6 is 24.0 Å². The van der Waals surface area contributed by atoms with Gasteiger partial charge in [0.05, 0.1) is 6.26 Å². The summed E-state index contributed by atoms with van der Waals surface area (Å²) in [6.45, 7) is 8.80. The van der Waals surface area contributed by atoms with Gasteiger partial charge in [0.25, 0.3) is 5.91 Å². The molecular formula is C20H35IN4O2. The predicted molar refractivity (Wildman–Crippen MR) is 121 cm³/mol. The molecule has 3 N–H and O–H groups in total. The van der Waals surface area contributed by atoms with E-state index < -0.39 is 0 Å². The van der Waals surface area contributed by atoms with E-state index in [9.17, 15) is 4.79 Å². The number of aryl methyl sites for hydroxylation is 1. The van der Waals surface area contributed by atoms with E-state index in [2.05, 4.69) is 34.8 Å². The van der Waals surface area contributed by atoms with Crippen LogP contribution in [0.3, 0.4) is 0 Å². The van der Waals surface area contributed by atoms with Crippen LogP contribution in [0.15, 0.2) is 21.7 Å². The summed E-state index contributed by atoms with van der Waals surface area (Å²) in [5.41, 5.74) is 1.30. The fourth-order valence-corrected chi connectivity index (χ4v) is 3.67. The Bertz CT molecular complexity index is 609. The number of guanidine groups is 1. The van der Waals surface area contributed by atoms with E-state index in [0.717, 1.165) is 37.0 Å². The molecule has 1 aromatic heterocycles. The third-order valence-electron chi connectivity index (χ3n) is 5.11. The van der Waals surface area contributed by atoms with Crippen LogP contribution in [0.2, 0.25) is 0 Å². The smallest absolute Gasteiger partial charge is 0.287 e. The molecule has 1 aliphatic carbocycles. The summed E-state index contributed by atoms with van der Waals surface area (Å²) in [5.74, 6) is 1.81. The average Bonchev–Trinajstić information content (AvgIpc) is 3.00. The highest BCUT2D eigenvalue weighted by Gasteiger charge is 2.37. The van der Waals surface area contributed by atoms with Crippen molar-refractivity contribution in [2.24, 2.45) is 16.3 Å². The third kappa shape index (κ3) is 7.35. The number of carbonyl (C=O) groups is 1. The van der Waals surface area contributed by atoms with Gasteiger partial charge in [-0.3, -0.25) is 9.79 Å². The largest absolute Gasteiger partial charge is 0.459 e. The lowest BCUT2D eigenvalue weighted by Crippen LogP contribution is -2.47. The van der Waals surface area contributed by atoms with Gasteiger partial charge < -0.3 is 20.4 Å². The predicted octanol–water partition coefficient (Wildman–Crippen LogP) is 3.71. The van der Waals surface area contributed by atoms with Crippen LogP contribution in [0.4, 0.5) is 0 Å². The van der Waals surface area contributed by atoms with E-state index in [4.69, 9.17) is 4.42 Å². The van der Waals surface area contributed by atoms with Gasteiger partial charge in [-0.2, -0.15) is 0 Å². The van der Waals surface area contributed by atoms with Crippen molar-refractivity contribution in [1.29, 1.82) is 0 Å². The molecule has 6 nitrogen and oxygen atoms in total. The lowest BCUT2D eigenvalue weighted by atomic mass is 9.64. The summed E-state index contributed by atoms with van der Waals surface area (Å²) >= 11 is 0. The summed E-state index contributed by atoms with van der Waals surface area (Å²) in [4.78, 5) is 16.3. The number of hydrogen-bond donors (Lipinski definition) is 3. The summed E-state index contributed by atoms with van der Waals surface area (Å²) in [7, 11) is 1.80. The molecule has 0 atom stereocenters. The number of aliphatic imine (C=N–C) groups is 1. The monoisotopic (exact) mass is 490 g/mol. The normalized spacial score (nSPS) is 15.7. The molecule has 27 heavy (non-hydrogen) atoms. The first-order chi connectivity index (χ1) is 12.5. The van der Waals surface area contributed by atoms with Gasteiger partial charge in [0.15, 0.2) is 11.7 Å². The topological polar surface area (TPSA) is 78.7 Å². The minimum Gasteiger partial charge on any atom is -0.459 e. The second-order valence-electron chi connectivity index (χ2n) is 7.85. The van der Waals surface area contributed by atoms with Crippen molar-refractivity contribution in [2.75, 3.05) is 26.7 Å². The Balaban J connectivity index is 0.00000364. The van der Waals surface area contributed by atoms with Crippen LogP contribution in [-0.2, 0) is 0 Å². The van der Waals surface area contributed by atoms with Gasteiger partial charge in [0, 0.05) is 32.2 Å². The molecule has 1 saturated carbocycles. The molecule has 7 heteroatoms. The SMILES string of the molecule is CN=C(NCCCNC(=O)c1occc1C)NCC1(CC(C)C)CCC1.I. The van der Waals surface area contributed by atoms with Crippen LogP contribution in [0.1, 0.15) is 62.1 Å². The average molecular weight is 490 g/mol. The first-order valence-corrected chi connectivity index (χ1v) is 9.72. The van der Waals surface area contributed by atoms with E-state index in [-0.39, 0.29) is 29.9 Å². The molecule has 0 aliphatic heterocycles. The Kier molecular flexibility index (Phi) is 10.2. The van der Waals surface area contributed by atoms with E-state index in [1.807, 2.05) is 6.92 Å². The summed E-state index contributed by atoms with van der Waals surface area (Å²) in [6.07, 6.45) is 7.60. The number of nitrogens with one attached hydrogen (secondary N) is 3. The van der Waals surface area contributed by atoms with Crippen molar-refractivity contribution >= 4 is 35.8 Å². The highest BCUT2D eigenvalue weighted by atomic mass is 127. The van der Waals surface area contributed by atoms with E-state index in [1.54, 1.807) is 13.1 Å². The van der Waals surface area contributed by atoms with E-state index in [0.29, 0.717) is 17.7 Å². The van der Waals surface area contributed by atoms with Crippen molar-refractivity contribution in [2.45, 2.75) is 52.9 Å². The lowest BCUT2D eigenvalue weighted by molar-refractivity contribution is 0.0924. The van der Waals surface area contributed by atoms with Crippen LogP contribution in [0.5, 0.6) is 0 Å². The first-order valence-electron chi connectivity index (χ1n) is 9.72. The molecule has 1 amide bonds. The molecule has 0 unspecified atom stereocenters. The van der Waals surface area contributed by atoms with E-state index >= 15 is 0 Å². The van der Waals surface area contributed by atoms with Crippen molar-refractivity contribution < 1.29 is 9.21 Å². The maximum absolute atomic E-state index is 12.0. The van der Waals surface area contributed by atoms with Crippen molar-refractivity contribution in [3.05, 3.63) is 23.7 Å². The Hall–Kier alpha value is -1.25. The number of halogens is 1. The Morgan fingerprint density at radius 2 is 1.96 bits per heavy atom. The van der Waals surface area contributed by atoms with Crippen LogP contribution in [0.25, 0.3) is 0 Å². The fraction of sp³-hybridized carbons (Fsp3) is 0.700. The van der Waals surface area contributed by atoms with Gasteiger partial charge in [-0.05, 0) is 50.0 Å². The minimum atomic E-state index is -0.157. The lowest BCUT2D eigenvalue weighted by Gasteiger charge is -2.43. The van der Waals surface area contributed by atoms with Gasteiger partial charge in [0.2, 0.25) is 0 Å². The first kappa shape index (κ1) is 23.8. The number of carbonyl (C=O) groups excluding carboxylic acids is 1. The molecule has 1 fully saturated rings. The second kappa shape index (κ2) is 11.6. The Labute approximate surface area is 180 Å². The maximum atomic E-state index is 12.0. The minimum absolute atomic E-state index is 0. The number of hydrogen-bond acceptors (Lipinski definition) is 3. The maximum Gasteiger partial charge on any atom is 0.287 e. The molecule has 0 aromatic carbocycles. The molecular weight excluding hydrogens is 455 g/mol. The Morgan fingerprint density at radius 1 is 1.26 bits per heavy atom. The molecule has 2 rings (SSSR count). The number of rotatable bonds is 9. The molecule has 0 radical (unpaired) electrons. The zero-order chi connectivity index (χ0) is 19.0. The zero-order valence-corrected chi connectivity index (χ0v) is 19.4. The van der Waals surface area contributed by atoms with E-state index in [1.165, 1.54) is 31.9 Å². The molecule has 1 aromatic rings. The van der Waals surface area contributed by atoms with Crippen LogP contribution in [-0.4, -0.2) is 38.5 Å². The van der Waals surface area contributed by atoms with Gasteiger partial charge in [-0.1, -0.05) is 20.3 Å². The standard InChI is InChI=1S/C20H34N4O2.HI/c1-15(2)13-20(8-5-9-20)14-24-19(21-4)23-11-6-10-22-18(25)17-16(3)7-12-26-17;/h7,12,15H,5-6,8-11,13-14H2,1-4H3,(H,22,25)(H2,21,23,24);1H. The number of nitrogens with zero attached hydrogens (tertiary/aromatic N) is 1. The van der Waals surface area contributed by atoms with Crippen molar-refractivity contribution in [3.63, 3.8) is 0 Å². The second-order valence-corrected chi connectivity index (χ2v) is 7.85. The summed E-state index contributed by atoms with van der Waals surface area (Å²) in [5, 5.41) is 9.69. The summed E-state index contributed by atoms with van der Waals surface area (Å²) < 4.78 is 5.19. The van der Waals surface area contributed by atoms with Crippen molar-refractivity contribution in [1.82, 2.24) is 16.0 Å². The highest BCUT2D eigenvalue weighted by Crippen LogP contribution is 2.45. The Morgan fingerprint density at radius 3 is 2.48 bits per heavy atom. The third-order valence-corrected chi connectivity index (χ3v) is 5.11. The van der Waals surface area contributed by atoms with Gasteiger partial charge in [-0.25, -0.2) is 0 Å². The van der Waals surface area contributed by atoms with Gasteiger partial charge in [0.1, 0.15) is 0 Å². The number of furan rings is 1. The number of amides is 1. The van der Waals surface area contributed by atoms with Crippen LogP contribution < -0.4 is 16.0 Å². The molecule has 154 valence electrons. The van der Waals surface area contributed by atoms with Crippen molar-refractivity contribution in [3.8, 4) is 0 Å². The quantitative estimate of drug-likeness (QED) is 0.214. The van der Waals surface area contributed by atoms with Gasteiger partial charge in [-0.15, -0.1) is 24.0 Å². The van der Waals surface area contributed by atoms with Crippen LogP contribution in [0, 0.1) is 18.3 Å². The molecule has 0 saturated heterocycles.